The van der Waals surface area contributed by atoms with Crippen molar-refractivity contribution in [1.82, 2.24) is 4.90 Å². The Labute approximate surface area is 117 Å². The van der Waals surface area contributed by atoms with Crippen LogP contribution in [0.1, 0.15) is 6.42 Å². The lowest BCUT2D eigenvalue weighted by Gasteiger charge is -2.36. The van der Waals surface area contributed by atoms with Crippen LogP contribution < -0.4 is 4.90 Å². The minimum Gasteiger partial charge on any atom is -0.369 e. The van der Waals surface area contributed by atoms with Gasteiger partial charge in [-0.25, -0.2) is 0 Å². The van der Waals surface area contributed by atoms with Crippen LogP contribution in [0.3, 0.4) is 0 Å². The van der Waals surface area contributed by atoms with E-state index in [-0.39, 0.29) is 6.42 Å². The predicted octanol–water partition coefficient (Wildman–Crippen LogP) is 0.483. The van der Waals surface area contributed by atoms with Crippen LogP contribution in [0.5, 0.6) is 0 Å². The van der Waals surface area contributed by atoms with Gasteiger partial charge < -0.3 is 20.2 Å². The van der Waals surface area contributed by atoms with Crippen molar-refractivity contribution in [2.45, 2.75) is 12.4 Å². The number of hydrogen-bond acceptors (Lipinski definition) is 5. The van der Waals surface area contributed by atoms with Crippen LogP contribution in [0.15, 0.2) is 24.3 Å². The molecule has 1 aromatic rings. The Morgan fingerprint density at radius 1 is 1.11 bits per heavy atom. The number of anilines is 1. The first kappa shape index (κ1) is 14.6. The third-order valence-electron chi connectivity index (χ3n) is 3.31. The van der Waals surface area contributed by atoms with Crippen molar-refractivity contribution >= 4 is 17.3 Å². The van der Waals surface area contributed by atoms with Gasteiger partial charge in [0, 0.05) is 49.9 Å². The molecule has 5 nitrogen and oxygen atoms in total. The Morgan fingerprint density at radius 3 is 2.37 bits per heavy atom. The van der Waals surface area contributed by atoms with E-state index in [0.717, 1.165) is 36.9 Å². The van der Waals surface area contributed by atoms with E-state index in [1.54, 1.807) is 0 Å². The van der Waals surface area contributed by atoms with Crippen molar-refractivity contribution in [2.24, 2.45) is 0 Å². The molecule has 1 aromatic carbocycles. The minimum atomic E-state index is -2.57. The Bertz CT molecular complexity index is 415. The van der Waals surface area contributed by atoms with E-state index in [2.05, 4.69) is 9.80 Å². The lowest BCUT2D eigenvalue weighted by molar-refractivity contribution is -0.315. The van der Waals surface area contributed by atoms with Gasteiger partial charge in [0.1, 0.15) is 0 Å². The number of aliphatic hydroxyl groups is 3. The maximum Gasteiger partial charge on any atom is 0.276 e. The van der Waals surface area contributed by atoms with Gasteiger partial charge in [0.05, 0.1) is 0 Å². The summed E-state index contributed by atoms with van der Waals surface area (Å²) < 4.78 is 0. The van der Waals surface area contributed by atoms with E-state index in [0.29, 0.717) is 6.54 Å². The van der Waals surface area contributed by atoms with Crippen LogP contribution in [0.2, 0.25) is 5.02 Å². The van der Waals surface area contributed by atoms with E-state index < -0.39 is 5.97 Å². The summed E-state index contributed by atoms with van der Waals surface area (Å²) in [4.78, 5) is 4.34. The zero-order valence-corrected chi connectivity index (χ0v) is 11.4. The summed E-state index contributed by atoms with van der Waals surface area (Å²) in [6.07, 6.45) is -0.0653. The first-order valence-corrected chi connectivity index (χ1v) is 6.72. The molecule has 0 unspecified atom stereocenters. The number of rotatable bonds is 4. The van der Waals surface area contributed by atoms with Gasteiger partial charge >= 0.3 is 0 Å². The molecule has 2 rings (SSSR count). The highest BCUT2D eigenvalue weighted by Gasteiger charge is 2.22. The molecule has 0 aliphatic carbocycles. The van der Waals surface area contributed by atoms with E-state index in [1.807, 2.05) is 24.3 Å². The lowest BCUT2D eigenvalue weighted by Crippen LogP contribution is -2.48. The molecule has 0 spiro atoms. The molecule has 6 heteroatoms. The topological polar surface area (TPSA) is 67.2 Å². The van der Waals surface area contributed by atoms with Gasteiger partial charge in [-0.3, -0.25) is 4.90 Å². The van der Waals surface area contributed by atoms with E-state index in [9.17, 15) is 0 Å². The molecule has 0 radical (unpaired) electrons. The molecule has 1 aliphatic rings. The second kappa shape index (κ2) is 6.07. The summed E-state index contributed by atoms with van der Waals surface area (Å²) >= 11 is 5.97. The second-order valence-electron chi connectivity index (χ2n) is 4.83. The molecule has 3 N–H and O–H groups in total. The molecule has 0 amide bonds. The molecule has 1 heterocycles. The predicted molar refractivity (Wildman–Crippen MR) is 74.1 cm³/mol. The summed E-state index contributed by atoms with van der Waals surface area (Å²) in [5, 5.41) is 27.3. The standard InChI is InChI=1S/C13H19ClN2O3/c14-11-2-1-3-12(10-11)16-8-6-15(7-9-16)5-4-13(17,18)19/h1-3,10,17-19H,4-9H2. The highest BCUT2D eigenvalue weighted by molar-refractivity contribution is 6.30. The molecular weight excluding hydrogens is 268 g/mol. The molecular formula is C13H19ClN2O3. The van der Waals surface area contributed by atoms with E-state index in [4.69, 9.17) is 26.9 Å². The van der Waals surface area contributed by atoms with Gasteiger partial charge in [0.25, 0.3) is 5.97 Å². The van der Waals surface area contributed by atoms with Gasteiger partial charge in [0.15, 0.2) is 0 Å². The van der Waals surface area contributed by atoms with Crippen molar-refractivity contribution in [3.05, 3.63) is 29.3 Å². The SMILES string of the molecule is OC(O)(O)CCN1CCN(c2cccc(Cl)c2)CC1. The van der Waals surface area contributed by atoms with Crippen LogP contribution in [0.25, 0.3) is 0 Å². The summed E-state index contributed by atoms with van der Waals surface area (Å²) in [5.41, 5.74) is 1.10. The van der Waals surface area contributed by atoms with Crippen LogP contribution in [0, 0.1) is 0 Å². The van der Waals surface area contributed by atoms with E-state index in [1.165, 1.54) is 0 Å². The Kier molecular flexibility index (Phi) is 4.65. The number of nitrogens with zero attached hydrogens (tertiary/aromatic N) is 2. The fourth-order valence-corrected chi connectivity index (χ4v) is 2.40. The van der Waals surface area contributed by atoms with Crippen molar-refractivity contribution in [3.8, 4) is 0 Å². The largest absolute Gasteiger partial charge is 0.369 e. The fourth-order valence-electron chi connectivity index (χ4n) is 2.21. The Morgan fingerprint density at radius 2 is 1.79 bits per heavy atom. The minimum absolute atomic E-state index is 0.0653. The molecule has 0 bridgehead atoms. The van der Waals surface area contributed by atoms with Crippen LogP contribution in [-0.2, 0) is 0 Å². The first-order chi connectivity index (χ1) is 8.94. The van der Waals surface area contributed by atoms with Crippen molar-refractivity contribution < 1.29 is 15.3 Å². The highest BCUT2D eigenvalue weighted by Crippen LogP contribution is 2.20. The molecule has 19 heavy (non-hydrogen) atoms. The average Bonchev–Trinajstić information content (AvgIpc) is 2.36. The normalized spacial score (nSPS) is 17.8. The summed E-state index contributed by atoms with van der Waals surface area (Å²) in [7, 11) is 0. The van der Waals surface area contributed by atoms with Crippen molar-refractivity contribution in [3.63, 3.8) is 0 Å². The molecule has 1 saturated heterocycles. The van der Waals surface area contributed by atoms with Gasteiger partial charge in [-0.1, -0.05) is 17.7 Å². The van der Waals surface area contributed by atoms with Crippen LogP contribution in [-0.4, -0.2) is 58.9 Å². The average molecular weight is 287 g/mol. The zero-order valence-electron chi connectivity index (χ0n) is 10.7. The number of piperazine rings is 1. The quantitative estimate of drug-likeness (QED) is 0.703. The first-order valence-electron chi connectivity index (χ1n) is 6.34. The number of benzene rings is 1. The summed E-state index contributed by atoms with van der Waals surface area (Å²) in [5.74, 6) is -2.57. The third kappa shape index (κ3) is 4.63. The lowest BCUT2D eigenvalue weighted by atomic mass is 10.2. The Balaban J connectivity index is 1.82. The molecule has 1 fully saturated rings. The van der Waals surface area contributed by atoms with Crippen LogP contribution >= 0.6 is 11.6 Å². The molecule has 1 aliphatic heterocycles. The molecule has 106 valence electrons. The third-order valence-corrected chi connectivity index (χ3v) is 3.54. The monoisotopic (exact) mass is 286 g/mol. The maximum absolute atomic E-state index is 8.87. The van der Waals surface area contributed by atoms with Gasteiger partial charge in [-0.2, -0.15) is 0 Å². The highest BCUT2D eigenvalue weighted by atomic mass is 35.5. The van der Waals surface area contributed by atoms with Crippen molar-refractivity contribution in [1.29, 1.82) is 0 Å². The van der Waals surface area contributed by atoms with Gasteiger partial charge in [-0.15, -0.1) is 0 Å². The maximum atomic E-state index is 8.87. The molecule has 0 atom stereocenters. The zero-order chi connectivity index (χ0) is 13.9. The van der Waals surface area contributed by atoms with Crippen molar-refractivity contribution in [2.75, 3.05) is 37.6 Å². The molecule has 0 saturated carbocycles. The fraction of sp³-hybridized carbons (Fsp3) is 0.538. The van der Waals surface area contributed by atoms with Crippen LogP contribution in [0.4, 0.5) is 5.69 Å². The van der Waals surface area contributed by atoms with Gasteiger partial charge in [0.2, 0.25) is 0 Å². The Hall–Kier alpha value is -0.850. The number of hydrogen-bond donors (Lipinski definition) is 3. The summed E-state index contributed by atoms with van der Waals surface area (Å²) in [6, 6.07) is 7.76. The smallest absolute Gasteiger partial charge is 0.276 e. The van der Waals surface area contributed by atoms with E-state index >= 15 is 0 Å². The molecule has 0 aromatic heterocycles. The summed E-state index contributed by atoms with van der Waals surface area (Å²) in [6.45, 7) is 3.82. The van der Waals surface area contributed by atoms with Gasteiger partial charge in [-0.05, 0) is 18.2 Å². The second-order valence-corrected chi connectivity index (χ2v) is 5.27. The number of halogens is 1.